The van der Waals surface area contributed by atoms with Crippen LogP contribution in [0.2, 0.25) is 0 Å². The van der Waals surface area contributed by atoms with Crippen LogP contribution < -0.4 is 15.1 Å². The summed E-state index contributed by atoms with van der Waals surface area (Å²) in [5.41, 5.74) is 7.46. The molecule has 0 aliphatic carbocycles. The fraction of sp³-hybridized carbons (Fsp3) is 0.236. The smallest absolute Gasteiger partial charge is 0.240 e. The first-order valence-corrected chi connectivity index (χ1v) is 23.0. The van der Waals surface area contributed by atoms with Gasteiger partial charge < -0.3 is 15.1 Å². The zero-order valence-corrected chi connectivity index (χ0v) is 37.9. The average Bonchev–Trinajstić information content (AvgIpc) is 3.76. The molecule has 4 aromatic heterocycles. The maximum Gasteiger partial charge on any atom is 0.240 e. The van der Waals surface area contributed by atoms with Crippen molar-refractivity contribution in [2.45, 2.75) is 37.3 Å². The molecule has 2 amide bonds. The standard InChI is InChI=1S/C27H22F2N4O.C25H19FN4O.C3H7F/c28-11-12-32-16-27(17-32)21-7-3-4-8-23(21)33(26(27)34)15-22-25(19-9-10-24(29)31-14-19)20-6-2-1-5-18(20)13-30-22;26-22-10-9-17(12-29-22)23-18-6-2-1-5-16(18)11-28-20(23)13-30-21-8-4-3-7-19(21)25(24(30)31)14-27-15-25;1-2-3-4/h1-10,13-14H,11-12,15-17H2;1-12,27H,13-15H2;2-3H2,1H3. The van der Waals surface area contributed by atoms with Crippen LogP contribution in [0.25, 0.3) is 43.8 Å². The number of halogens is 4. The van der Waals surface area contributed by atoms with Crippen LogP contribution in [-0.2, 0) is 33.5 Å². The molecule has 4 aliphatic heterocycles. The third-order valence-electron chi connectivity index (χ3n) is 13.6. The predicted octanol–water partition coefficient (Wildman–Crippen LogP) is 9.70. The largest absolute Gasteiger partial charge is 0.314 e. The van der Waals surface area contributed by atoms with E-state index in [-0.39, 0.29) is 25.0 Å². The van der Waals surface area contributed by atoms with Crippen molar-refractivity contribution in [2.24, 2.45) is 0 Å². The molecule has 8 aromatic rings. The van der Waals surface area contributed by atoms with Gasteiger partial charge in [-0.3, -0.25) is 28.8 Å². The van der Waals surface area contributed by atoms with E-state index in [1.54, 1.807) is 30.2 Å². The predicted molar refractivity (Wildman–Crippen MR) is 260 cm³/mol. The molecule has 4 aromatic carbocycles. The lowest BCUT2D eigenvalue weighted by atomic mass is 9.74. The number of likely N-dealkylation sites (tertiary alicyclic amines) is 1. The molecule has 0 bridgehead atoms. The molecule has 14 heteroatoms. The second-order valence-electron chi connectivity index (χ2n) is 17.7. The SMILES string of the molecule is CCCF.O=C1N(Cc2ncc3ccccc3c2-c2ccc(F)nc2)c2ccccc2C12CN(CCF)C2.O=C1N(Cc2ncc3ccccc3c2-c2ccc(F)nc2)c2ccccc2C12CNC2. The molecule has 0 unspecified atom stereocenters. The lowest BCUT2D eigenvalue weighted by Gasteiger charge is -2.46. The molecule has 0 saturated carbocycles. The second kappa shape index (κ2) is 18.9. The first-order valence-electron chi connectivity index (χ1n) is 23.0. The van der Waals surface area contributed by atoms with Crippen molar-refractivity contribution >= 4 is 44.7 Å². The van der Waals surface area contributed by atoms with E-state index in [9.17, 15) is 27.2 Å². The highest BCUT2D eigenvalue weighted by molar-refractivity contribution is 6.11. The first kappa shape index (κ1) is 45.4. The van der Waals surface area contributed by atoms with Crippen LogP contribution >= 0.6 is 0 Å². The molecular weight excluding hydrogens is 881 g/mol. The van der Waals surface area contributed by atoms with Crippen molar-refractivity contribution in [3.63, 3.8) is 0 Å². The van der Waals surface area contributed by atoms with E-state index in [0.717, 1.165) is 72.0 Å². The number of pyridine rings is 4. The number of rotatable bonds is 9. The van der Waals surface area contributed by atoms with Crippen LogP contribution in [0.3, 0.4) is 0 Å². The van der Waals surface area contributed by atoms with Crippen molar-refractivity contribution < 1.29 is 27.2 Å². The van der Waals surface area contributed by atoms with Gasteiger partial charge in [-0.2, -0.15) is 8.78 Å². The van der Waals surface area contributed by atoms with Gasteiger partial charge in [0.1, 0.15) is 17.5 Å². The highest BCUT2D eigenvalue weighted by atomic mass is 19.1. The Bertz CT molecular complexity index is 3200. The molecule has 12 rings (SSSR count). The number of hydrogen-bond donors (Lipinski definition) is 1. The van der Waals surface area contributed by atoms with Crippen LogP contribution in [0.5, 0.6) is 0 Å². The average molecular weight is 929 g/mol. The minimum Gasteiger partial charge on any atom is -0.314 e. The van der Waals surface area contributed by atoms with E-state index >= 15 is 0 Å². The van der Waals surface area contributed by atoms with Crippen LogP contribution in [0.1, 0.15) is 35.9 Å². The summed E-state index contributed by atoms with van der Waals surface area (Å²) in [4.78, 5) is 50.1. The Labute approximate surface area is 396 Å². The third kappa shape index (κ3) is 8.06. The van der Waals surface area contributed by atoms with Gasteiger partial charge >= 0.3 is 0 Å². The van der Waals surface area contributed by atoms with E-state index in [1.165, 1.54) is 24.5 Å². The molecule has 2 spiro atoms. The van der Waals surface area contributed by atoms with E-state index in [4.69, 9.17) is 9.97 Å². The van der Waals surface area contributed by atoms with Gasteiger partial charge in [0.05, 0.1) is 31.2 Å². The normalized spacial score (nSPS) is 16.1. The number of para-hydroxylation sites is 2. The molecule has 0 atom stereocenters. The number of anilines is 2. The summed E-state index contributed by atoms with van der Waals surface area (Å²) in [7, 11) is 0. The van der Waals surface area contributed by atoms with Gasteiger partial charge in [0, 0.05) is 102 Å². The highest BCUT2D eigenvalue weighted by Crippen LogP contribution is 2.49. The summed E-state index contributed by atoms with van der Waals surface area (Å²) in [6.07, 6.45) is 7.32. The number of carbonyl (C=O) groups is 2. The molecule has 2 fully saturated rings. The monoisotopic (exact) mass is 928 g/mol. The molecule has 8 heterocycles. The third-order valence-corrected chi connectivity index (χ3v) is 13.6. The number of benzene rings is 4. The van der Waals surface area contributed by atoms with Gasteiger partial charge in [0.15, 0.2) is 0 Å². The Hall–Kier alpha value is -7.42. The van der Waals surface area contributed by atoms with Crippen LogP contribution in [0.15, 0.2) is 146 Å². The number of fused-ring (bicyclic) bond motifs is 6. The lowest BCUT2D eigenvalue weighted by Crippen LogP contribution is -2.64. The van der Waals surface area contributed by atoms with E-state index in [1.807, 2.05) is 113 Å². The van der Waals surface area contributed by atoms with Crippen molar-refractivity contribution in [3.8, 4) is 22.3 Å². The van der Waals surface area contributed by atoms with E-state index in [2.05, 4.69) is 15.3 Å². The van der Waals surface area contributed by atoms with Crippen molar-refractivity contribution in [2.75, 3.05) is 55.9 Å². The van der Waals surface area contributed by atoms with Crippen LogP contribution in [0, 0.1) is 11.9 Å². The van der Waals surface area contributed by atoms with Crippen molar-refractivity contribution in [3.05, 3.63) is 181 Å². The summed E-state index contributed by atoms with van der Waals surface area (Å²) in [5, 5.41) is 7.17. The lowest BCUT2D eigenvalue weighted by molar-refractivity contribution is -0.129. The molecule has 69 heavy (non-hydrogen) atoms. The van der Waals surface area contributed by atoms with E-state index < -0.39 is 29.4 Å². The van der Waals surface area contributed by atoms with Gasteiger partial charge in [-0.25, -0.2) is 14.4 Å². The Kier molecular flexibility index (Phi) is 12.4. The molecule has 1 N–H and O–H groups in total. The van der Waals surface area contributed by atoms with Gasteiger partial charge in [0.2, 0.25) is 23.7 Å². The fourth-order valence-electron chi connectivity index (χ4n) is 10.2. The number of amides is 2. The van der Waals surface area contributed by atoms with Gasteiger partial charge in [-0.1, -0.05) is 91.9 Å². The second-order valence-corrected chi connectivity index (χ2v) is 17.7. The summed E-state index contributed by atoms with van der Waals surface area (Å²) >= 11 is 0. The topological polar surface area (TPSA) is 107 Å². The maximum absolute atomic E-state index is 13.8. The Morgan fingerprint density at radius 3 is 1.43 bits per heavy atom. The molecule has 10 nitrogen and oxygen atoms in total. The zero-order chi connectivity index (χ0) is 47.7. The highest BCUT2D eigenvalue weighted by Gasteiger charge is 2.58. The summed E-state index contributed by atoms with van der Waals surface area (Å²) in [6.45, 7) is 4.50. The van der Waals surface area contributed by atoms with Gasteiger partial charge in [-0.05, 0) is 64.7 Å². The van der Waals surface area contributed by atoms with Gasteiger partial charge in [0.25, 0.3) is 0 Å². The number of carbonyl (C=O) groups excluding carboxylic acids is 2. The van der Waals surface area contributed by atoms with Crippen LogP contribution in [0.4, 0.5) is 28.9 Å². The Morgan fingerprint density at radius 2 is 1.00 bits per heavy atom. The van der Waals surface area contributed by atoms with Crippen molar-refractivity contribution in [1.29, 1.82) is 0 Å². The summed E-state index contributed by atoms with van der Waals surface area (Å²) in [5.74, 6) is -0.957. The molecular formula is C55H48F4N8O2. The number of nitrogens with one attached hydrogen (secondary N) is 1. The summed E-state index contributed by atoms with van der Waals surface area (Å²) in [6, 6.07) is 37.7. The fourth-order valence-corrected chi connectivity index (χ4v) is 10.2. The van der Waals surface area contributed by atoms with E-state index in [0.29, 0.717) is 51.4 Å². The number of nitrogens with zero attached hydrogens (tertiary/aromatic N) is 7. The Morgan fingerprint density at radius 1 is 0.551 bits per heavy atom. The first-order chi connectivity index (χ1) is 33.7. The minimum atomic E-state index is -0.639. The molecule has 348 valence electrons. The number of alkyl halides is 2. The van der Waals surface area contributed by atoms with Gasteiger partial charge in [-0.15, -0.1) is 0 Å². The number of aromatic nitrogens is 4. The molecule has 4 aliphatic rings. The quantitative estimate of drug-likeness (QED) is 0.113. The van der Waals surface area contributed by atoms with Crippen molar-refractivity contribution in [1.82, 2.24) is 30.2 Å². The Balaban J connectivity index is 0.000000149. The molecule has 0 radical (unpaired) electrons. The van der Waals surface area contributed by atoms with Crippen LogP contribution in [-0.4, -0.2) is 82.7 Å². The maximum atomic E-state index is 13.8. The molecule has 2 saturated heterocycles. The number of hydrogen-bond acceptors (Lipinski definition) is 8. The summed E-state index contributed by atoms with van der Waals surface area (Å²) < 4.78 is 50.7. The zero-order valence-electron chi connectivity index (χ0n) is 37.9. The minimum absolute atomic E-state index is 0.0157.